The van der Waals surface area contributed by atoms with Gasteiger partial charge in [-0.1, -0.05) is 0 Å². The Hall–Kier alpha value is -1.37. The third-order valence-corrected chi connectivity index (χ3v) is 3.51. The van der Waals surface area contributed by atoms with Crippen LogP contribution in [0.1, 0.15) is 6.92 Å². The van der Waals surface area contributed by atoms with Crippen LogP contribution < -0.4 is 14.8 Å². The molecular formula is C10H17N3O3S. The molecule has 0 amide bonds. The van der Waals surface area contributed by atoms with Gasteiger partial charge in [0.05, 0.1) is 20.3 Å². The smallest absolute Gasteiger partial charge is 0.229 e. The van der Waals surface area contributed by atoms with Crippen molar-refractivity contribution in [1.29, 1.82) is 0 Å². The van der Waals surface area contributed by atoms with Crippen LogP contribution in [0.4, 0.5) is 5.95 Å². The Morgan fingerprint density at radius 1 is 1.35 bits per heavy atom. The molecule has 1 N–H and O–H groups in total. The molecule has 0 saturated carbocycles. The molecule has 17 heavy (non-hydrogen) atoms. The van der Waals surface area contributed by atoms with Crippen LogP contribution in [0.2, 0.25) is 0 Å². The van der Waals surface area contributed by atoms with Crippen LogP contribution in [0.3, 0.4) is 0 Å². The van der Waals surface area contributed by atoms with E-state index in [0.29, 0.717) is 24.3 Å². The van der Waals surface area contributed by atoms with Gasteiger partial charge in [-0.25, -0.2) is 0 Å². The van der Waals surface area contributed by atoms with E-state index in [9.17, 15) is 4.21 Å². The summed E-state index contributed by atoms with van der Waals surface area (Å²) in [6.45, 7) is 2.42. The monoisotopic (exact) mass is 259 g/mol. The number of hydrogen-bond donors (Lipinski definition) is 1. The van der Waals surface area contributed by atoms with E-state index in [2.05, 4.69) is 15.3 Å². The molecule has 1 aromatic rings. The maximum Gasteiger partial charge on any atom is 0.229 e. The van der Waals surface area contributed by atoms with E-state index >= 15 is 0 Å². The average Bonchev–Trinajstić information content (AvgIpc) is 2.35. The van der Waals surface area contributed by atoms with Gasteiger partial charge in [-0.3, -0.25) is 4.21 Å². The van der Waals surface area contributed by atoms with E-state index in [1.165, 1.54) is 14.2 Å². The Morgan fingerprint density at radius 2 is 1.88 bits per heavy atom. The summed E-state index contributed by atoms with van der Waals surface area (Å²) in [4.78, 5) is 8.22. The van der Waals surface area contributed by atoms with Crippen molar-refractivity contribution in [2.45, 2.75) is 12.2 Å². The van der Waals surface area contributed by atoms with Gasteiger partial charge in [0.1, 0.15) is 0 Å². The molecule has 0 fully saturated rings. The summed E-state index contributed by atoms with van der Waals surface area (Å²) in [5.74, 6) is 1.24. The largest absolute Gasteiger partial charge is 0.481 e. The second-order valence-corrected chi connectivity index (χ2v) is 5.27. The molecule has 0 aliphatic carbocycles. The molecule has 6 nitrogen and oxygen atoms in total. The first-order valence-electron chi connectivity index (χ1n) is 5.10. The SMILES string of the molecule is COc1cc(OC)nc(NCC(C)S(C)=O)n1. The maximum atomic E-state index is 11.2. The molecule has 0 bridgehead atoms. The van der Waals surface area contributed by atoms with E-state index in [-0.39, 0.29) is 5.25 Å². The molecule has 1 heterocycles. The first-order chi connectivity index (χ1) is 8.06. The molecule has 96 valence electrons. The van der Waals surface area contributed by atoms with Crippen LogP contribution in [0.25, 0.3) is 0 Å². The fraction of sp³-hybridized carbons (Fsp3) is 0.600. The van der Waals surface area contributed by atoms with E-state index in [1.807, 2.05) is 6.92 Å². The van der Waals surface area contributed by atoms with Crippen molar-refractivity contribution in [3.63, 3.8) is 0 Å². The van der Waals surface area contributed by atoms with Crippen LogP contribution in [0.15, 0.2) is 6.07 Å². The van der Waals surface area contributed by atoms with Gasteiger partial charge < -0.3 is 14.8 Å². The van der Waals surface area contributed by atoms with Gasteiger partial charge in [0.15, 0.2) is 0 Å². The van der Waals surface area contributed by atoms with E-state index in [0.717, 1.165) is 0 Å². The summed E-state index contributed by atoms with van der Waals surface area (Å²) in [5, 5.41) is 3.02. The number of nitrogens with zero attached hydrogens (tertiary/aromatic N) is 2. The second kappa shape index (κ2) is 6.39. The third kappa shape index (κ3) is 4.18. The van der Waals surface area contributed by atoms with Crippen LogP contribution in [-0.2, 0) is 10.8 Å². The summed E-state index contributed by atoms with van der Waals surface area (Å²) in [6, 6.07) is 1.59. The first-order valence-corrected chi connectivity index (χ1v) is 6.72. The standard InChI is InChI=1S/C10H17N3O3S/c1-7(17(4)14)6-11-10-12-8(15-2)5-9(13-10)16-3/h5,7H,6H2,1-4H3,(H,11,12,13). The maximum absolute atomic E-state index is 11.2. The van der Waals surface area contributed by atoms with Crippen molar-refractivity contribution in [2.24, 2.45) is 0 Å². The van der Waals surface area contributed by atoms with Gasteiger partial charge in [0.25, 0.3) is 0 Å². The van der Waals surface area contributed by atoms with E-state index in [1.54, 1.807) is 12.3 Å². The highest BCUT2D eigenvalue weighted by atomic mass is 32.2. The highest BCUT2D eigenvalue weighted by Crippen LogP contribution is 2.17. The van der Waals surface area contributed by atoms with Crippen molar-refractivity contribution in [3.05, 3.63) is 6.07 Å². The predicted molar refractivity (Wildman–Crippen MR) is 67.2 cm³/mol. The highest BCUT2D eigenvalue weighted by Gasteiger charge is 2.09. The summed E-state index contributed by atoms with van der Waals surface area (Å²) in [7, 11) is 2.17. The zero-order valence-corrected chi connectivity index (χ0v) is 11.2. The van der Waals surface area contributed by atoms with Gasteiger partial charge >= 0.3 is 0 Å². The lowest BCUT2D eigenvalue weighted by Crippen LogP contribution is -2.21. The minimum Gasteiger partial charge on any atom is -0.481 e. The molecule has 0 spiro atoms. The molecule has 2 atom stereocenters. The molecule has 0 aromatic carbocycles. The van der Waals surface area contributed by atoms with Gasteiger partial charge in [0, 0.05) is 28.9 Å². The molecule has 1 aromatic heterocycles. The quantitative estimate of drug-likeness (QED) is 0.809. The fourth-order valence-corrected chi connectivity index (χ4v) is 1.36. The Morgan fingerprint density at radius 3 is 2.29 bits per heavy atom. The summed E-state index contributed by atoms with van der Waals surface area (Å²) >= 11 is 0. The highest BCUT2D eigenvalue weighted by molar-refractivity contribution is 7.84. The number of ether oxygens (including phenoxy) is 2. The Balaban J connectivity index is 2.73. The predicted octanol–water partition coefficient (Wildman–Crippen LogP) is 0.673. The lowest BCUT2D eigenvalue weighted by molar-refractivity contribution is 0.373. The molecule has 1 rings (SSSR count). The average molecular weight is 259 g/mol. The fourth-order valence-electron chi connectivity index (χ4n) is 1.04. The number of nitrogens with one attached hydrogen (secondary N) is 1. The first kappa shape index (κ1) is 13.7. The molecular weight excluding hydrogens is 242 g/mol. The van der Waals surface area contributed by atoms with Crippen molar-refractivity contribution >= 4 is 16.7 Å². The third-order valence-electron chi connectivity index (χ3n) is 2.21. The van der Waals surface area contributed by atoms with Crippen molar-refractivity contribution in [1.82, 2.24) is 9.97 Å². The lowest BCUT2D eigenvalue weighted by atomic mass is 10.5. The van der Waals surface area contributed by atoms with E-state index in [4.69, 9.17) is 9.47 Å². The van der Waals surface area contributed by atoms with Crippen LogP contribution in [-0.4, -0.2) is 46.4 Å². The molecule has 0 saturated heterocycles. The van der Waals surface area contributed by atoms with E-state index < -0.39 is 10.8 Å². The summed E-state index contributed by atoms with van der Waals surface area (Å²) in [5.41, 5.74) is 0. The van der Waals surface area contributed by atoms with Crippen molar-refractivity contribution in [2.75, 3.05) is 32.3 Å². The molecule has 0 aliphatic rings. The second-order valence-electron chi connectivity index (χ2n) is 3.47. The number of hydrogen-bond acceptors (Lipinski definition) is 6. The van der Waals surface area contributed by atoms with Crippen LogP contribution in [0, 0.1) is 0 Å². The van der Waals surface area contributed by atoms with Gasteiger partial charge in [0.2, 0.25) is 17.7 Å². The zero-order valence-electron chi connectivity index (χ0n) is 10.4. The molecule has 0 aliphatic heterocycles. The van der Waals surface area contributed by atoms with Gasteiger partial charge in [-0.15, -0.1) is 0 Å². The van der Waals surface area contributed by atoms with Gasteiger partial charge in [-0.2, -0.15) is 9.97 Å². The van der Waals surface area contributed by atoms with Gasteiger partial charge in [-0.05, 0) is 6.92 Å². The molecule has 7 heteroatoms. The van der Waals surface area contributed by atoms with Crippen molar-refractivity contribution in [3.8, 4) is 11.8 Å². The number of anilines is 1. The lowest BCUT2D eigenvalue weighted by Gasteiger charge is -2.11. The Kier molecular flexibility index (Phi) is 5.14. The minimum absolute atomic E-state index is 0.0239. The van der Waals surface area contributed by atoms with Crippen molar-refractivity contribution < 1.29 is 13.7 Å². The number of rotatable bonds is 6. The number of methoxy groups -OCH3 is 2. The summed E-state index contributed by atoms with van der Waals surface area (Å²) < 4.78 is 21.2. The summed E-state index contributed by atoms with van der Waals surface area (Å²) in [6.07, 6.45) is 1.67. The van der Waals surface area contributed by atoms with Crippen LogP contribution in [0.5, 0.6) is 11.8 Å². The molecule has 2 unspecified atom stereocenters. The topological polar surface area (TPSA) is 73.3 Å². The Bertz CT molecular complexity index is 378. The minimum atomic E-state index is -0.879. The number of aromatic nitrogens is 2. The molecule has 0 radical (unpaired) electrons. The Labute approximate surface area is 103 Å². The zero-order chi connectivity index (χ0) is 12.8. The normalized spacial score (nSPS) is 13.9. The van der Waals surface area contributed by atoms with Crippen LogP contribution >= 0.6 is 0 Å².